The SMILES string of the molecule is N#Cc1c(F)cccc1Nc1cc2c3c(c1)[C@@H]1CNC[C@@H]1CN3CCC2.O=C(C(=O)C(F)(F)F)C(F)(F)F. The Bertz CT molecular complexity index is 1280. The zero-order chi connectivity index (χ0) is 27.8. The molecule has 2 aromatic carbocycles. The van der Waals surface area contributed by atoms with Crippen LogP contribution in [0.3, 0.4) is 0 Å². The minimum absolute atomic E-state index is 0.0703. The maximum Gasteiger partial charge on any atom is 0.458 e. The number of benzene rings is 2. The fourth-order valence-corrected chi connectivity index (χ4v) is 5.13. The number of alkyl halides is 6. The summed E-state index contributed by atoms with van der Waals surface area (Å²) in [5.41, 5.74) is 5.75. The molecule has 0 spiro atoms. The summed E-state index contributed by atoms with van der Waals surface area (Å²) in [5, 5.41) is 16.1. The number of aryl methyl sites for hydroxylation is 1. The summed E-state index contributed by atoms with van der Waals surface area (Å²) in [5.74, 6) is -6.09. The van der Waals surface area contributed by atoms with Gasteiger partial charge in [0.1, 0.15) is 17.4 Å². The number of carbonyl (C=O) groups excluding carboxylic acids is 2. The maximum absolute atomic E-state index is 13.9. The van der Waals surface area contributed by atoms with Gasteiger partial charge in [0.05, 0.1) is 5.69 Å². The standard InChI is InChI=1S/C21H21FN4.C4F6O2/c22-19-4-1-5-20(17(19)9-23)25-15-7-13-3-2-6-26-12-14-10-24-11-18(14)16(8-15)21(13)26;5-3(6,7)1(11)2(12)4(8,9)10/h1,4-5,7-8,14,18,24-25H,2-3,6,10-12H2;/t14-,18-;/m1./s1. The molecule has 2 aromatic rings. The first-order valence-corrected chi connectivity index (χ1v) is 11.6. The maximum atomic E-state index is 13.9. The van der Waals surface area contributed by atoms with E-state index in [0.29, 0.717) is 17.5 Å². The molecular formula is C25H21F7N4O2. The van der Waals surface area contributed by atoms with E-state index in [1.807, 2.05) is 6.07 Å². The average molecular weight is 542 g/mol. The molecule has 5 rings (SSSR count). The molecule has 2 atom stereocenters. The zero-order valence-electron chi connectivity index (χ0n) is 19.6. The molecule has 3 heterocycles. The molecule has 0 aromatic heterocycles. The van der Waals surface area contributed by atoms with Crippen LogP contribution in [-0.4, -0.2) is 50.1 Å². The predicted octanol–water partition coefficient (Wildman–Crippen LogP) is 4.76. The number of fused-ring (bicyclic) bond motifs is 2. The topological polar surface area (TPSA) is 85.2 Å². The Balaban J connectivity index is 0.000000240. The Morgan fingerprint density at radius 1 is 1.05 bits per heavy atom. The van der Waals surface area contributed by atoms with Gasteiger partial charge in [-0.15, -0.1) is 0 Å². The summed E-state index contributed by atoms with van der Waals surface area (Å²) in [6, 6.07) is 11.1. The van der Waals surface area contributed by atoms with Crippen LogP contribution in [-0.2, 0) is 16.0 Å². The van der Waals surface area contributed by atoms with Crippen LogP contribution in [0.2, 0.25) is 0 Å². The molecule has 0 amide bonds. The molecule has 0 radical (unpaired) electrons. The van der Waals surface area contributed by atoms with Crippen molar-refractivity contribution < 1.29 is 40.3 Å². The van der Waals surface area contributed by atoms with Crippen molar-refractivity contribution in [3.63, 3.8) is 0 Å². The van der Waals surface area contributed by atoms with Crippen molar-refractivity contribution in [2.24, 2.45) is 5.92 Å². The monoisotopic (exact) mass is 542 g/mol. The number of ketones is 2. The number of Topliss-reactive ketones (excluding diaryl/α,β-unsaturated/α-hetero) is 2. The molecule has 0 saturated carbocycles. The van der Waals surface area contributed by atoms with Crippen molar-refractivity contribution in [2.75, 3.05) is 36.4 Å². The normalized spacial score (nSPS) is 19.9. The summed E-state index contributed by atoms with van der Waals surface area (Å²) >= 11 is 0. The van der Waals surface area contributed by atoms with Gasteiger partial charge in [-0.1, -0.05) is 6.07 Å². The highest BCUT2D eigenvalue weighted by molar-refractivity contribution is 6.41. The van der Waals surface area contributed by atoms with Crippen LogP contribution in [0.25, 0.3) is 0 Å². The minimum Gasteiger partial charge on any atom is -0.371 e. The lowest BCUT2D eigenvalue weighted by Crippen LogP contribution is -2.41. The van der Waals surface area contributed by atoms with Crippen molar-refractivity contribution in [2.45, 2.75) is 31.1 Å². The van der Waals surface area contributed by atoms with Gasteiger partial charge in [-0.2, -0.15) is 31.6 Å². The molecule has 38 heavy (non-hydrogen) atoms. The molecule has 2 N–H and O–H groups in total. The van der Waals surface area contributed by atoms with E-state index in [0.717, 1.165) is 38.3 Å². The van der Waals surface area contributed by atoms with Gasteiger partial charge in [0.2, 0.25) is 0 Å². The van der Waals surface area contributed by atoms with E-state index in [-0.39, 0.29) is 5.56 Å². The fourth-order valence-electron chi connectivity index (χ4n) is 5.13. The van der Waals surface area contributed by atoms with Gasteiger partial charge in [0.25, 0.3) is 0 Å². The zero-order valence-corrected chi connectivity index (χ0v) is 19.6. The third-order valence-electron chi connectivity index (χ3n) is 6.73. The molecule has 1 saturated heterocycles. The second-order valence-electron chi connectivity index (χ2n) is 9.20. The Hall–Kier alpha value is -3.66. The van der Waals surface area contributed by atoms with Crippen LogP contribution in [0.5, 0.6) is 0 Å². The van der Waals surface area contributed by atoms with Crippen molar-refractivity contribution >= 4 is 28.6 Å². The molecule has 13 heteroatoms. The van der Waals surface area contributed by atoms with E-state index in [9.17, 15) is 45.6 Å². The van der Waals surface area contributed by atoms with E-state index in [4.69, 9.17) is 0 Å². The second-order valence-corrected chi connectivity index (χ2v) is 9.20. The van der Waals surface area contributed by atoms with Gasteiger partial charge in [-0.05, 0) is 54.2 Å². The smallest absolute Gasteiger partial charge is 0.371 e. The third kappa shape index (κ3) is 5.45. The van der Waals surface area contributed by atoms with Gasteiger partial charge >= 0.3 is 23.9 Å². The highest BCUT2D eigenvalue weighted by Gasteiger charge is 2.54. The molecule has 0 unspecified atom stereocenters. The Morgan fingerprint density at radius 2 is 1.74 bits per heavy atom. The van der Waals surface area contributed by atoms with E-state index in [1.165, 1.54) is 29.3 Å². The second kappa shape index (κ2) is 10.2. The lowest BCUT2D eigenvalue weighted by atomic mass is 9.80. The summed E-state index contributed by atoms with van der Waals surface area (Å²) in [4.78, 5) is 21.8. The van der Waals surface area contributed by atoms with Crippen LogP contribution in [0, 0.1) is 23.1 Å². The van der Waals surface area contributed by atoms with E-state index < -0.39 is 29.7 Å². The molecule has 3 aliphatic heterocycles. The lowest BCUT2D eigenvalue weighted by molar-refractivity contribution is -0.193. The quantitative estimate of drug-likeness (QED) is 0.430. The number of hydrogen-bond donors (Lipinski definition) is 2. The van der Waals surface area contributed by atoms with Gasteiger partial charge in [0, 0.05) is 43.5 Å². The van der Waals surface area contributed by atoms with Gasteiger partial charge in [0.15, 0.2) is 0 Å². The van der Waals surface area contributed by atoms with Crippen molar-refractivity contribution in [3.8, 4) is 6.07 Å². The highest BCUT2D eigenvalue weighted by Crippen LogP contribution is 2.46. The number of nitriles is 1. The summed E-state index contributed by atoms with van der Waals surface area (Å²) in [6.07, 6.45) is -9.29. The summed E-state index contributed by atoms with van der Waals surface area (Å²) in [7, 11) is 0. The first-order valence-electron chi connectivity index (χ1n) is 11.6. The van der Waals surface area contributed by atoms with Gasteiger partial charge in [-0.25, -0.2) is 4.39 Å². The van der Waals surface area contributed by atoms with Gasteiger partial charge in [-0.3, -0.25) is 9.59 Å². The first kappa shape index (κ1) is 27.4. The molecular weight excluding hydrogens is 521 g/mol. The number of nitrogens with one attached hydrogen (secondary N) is 2. The summed E-state index contributed by atoms with van der Waals surface area (Å²) in [6.45, 7) is 4.39. The molecule has 3 aliphatic rings. The molecule has 0 aliphatic carbocycles. The third-order valence-corrected chi connectivity index (χ3v) is 6.73. The van der Waals surface area contributed by atoms with Crippen LogP contribution in [0.15, 0.2) is 30.3 Å². The number of carbonyl (C=O) groups is 2. The van der Waals surface area contributed by atoms with Crippen LogP contribution >= 0.6 is 0 Å². The predicted molar refractivity (Wildman–Crippen MR) is 123 cm³/mol. The van der Waals surface area contributed by atoms with Crippen molar-refractivity contribution in [1.82, 2.24) is 5.32 Å². The van der Waals surface area contributed by atoms with Crippen molar-refractivity contribution in [1.29, 1.82) is 5.26 Å². The largest absolute Gasteiger partial charge is 0.458 e. The van der Waals surface area contributed by atoms with E-state index >= 15 is 0 Å². The molecule has 1 fully saturated rings. The van der Waals surface area contributed by atoms with E-state index in [1.54, 1.807) is 12.1 Å². The summed E-state index contributed by atoms with van der Waals surface area (Å²) < 4.78 is 80.9. The number of halogens is 7. The molecule has 0 bridgehead atoms. The first-order chi connectivity index (χ1) is 17.8. The average Bonchev–Trinajstić information content (AvgIpc) is 3.31. The Morgan fingerprint density at radius 3 is 2.37 bits per heavy atom. The van der Waals surface area contributed by atoms with Gasteiger partial charge < -0.3 is 15.5 Å². The van der Waals surface area contributed by atoms with Crippen LogP contribution in [0.1, 0.15) is 29.0 Å². The number of anilines is 3. The Labute approximate surface area is 212 Å². The fraction of sp³-hybridized carbons (Fsp3) is 0.400. The molecule has 6 nitrogen and oxygen atoms in total. The number of hydrogen-bond acceptors (Lipinski definition) is 6. The van der Waals surface area contributed by atoms with E-state index in [2.05, 4.69) is 27.7 Å². The highest BCUT2D eigenvalue weighted by atomic mass is 19.4. The van der Waals surface area contributed by atoms with Crippen LogP contribution in [0.4, 0.5) is 47.8 Å². The number of nitrogens with zero attached hydrogens (tertiary/aromatic N) is 2. The lowest BCUT2D eigenvalue weighted by Gasteiger charge is -2.42. The van der Waals surface area contributed by atoms with Crippen molar-refractivity contribution in [3.05, 3.63) is 52.8 Å². The minimum atomic E-state index is -5.77. The Kier molecular flexibility index (Phi) is 7.38. The molecule has 202 valence electrons. The number of rotatable bonds is 3. The van der Waals surface area contributed by atoms with Crippen LogP contribution < -0.4 is 15.5 Å².